The molecule has 1 spiro atoms. The summed E-state index contributed by atoms with van der Waals surface area (Å²) in [6.45, 7) is 9.39. The van der Waals surface area contributed by atoms with Crippen LogP contribution in [-0.2, 0) is 4.79 Å². The normalized spacial score (nSPS) is 17.8. The summed E-state index contributed by atoms with van der Waals surface area (Å²) in [6.07, 6.45) is 10.00. The first-order chi connectivity index (χ1) is 18.2. The van der Waals surface area contributed by atoms with E-state index in [2.05, 4.69) is 22.5 Å². The topological polar surface area (TPSA) is 128 Å². The Morgan fingerprint density at radius 1 is 1.16 bits per heavy atom. The number of phenolic OH excluding ortho intramolecular Hbond substituents is 1. The molecule has 2 saturated heterocycles. The number of carbonyl (C=O) groups excluding carboxylic acids is 2. The SMILES string of the molecule is C=C(/C=C\C=C/C)C(CC)Nc1c(Nc2cccc(C(=O)N3CCC4(CCNC4=O)CC3)c2O)c(=O)c1=O. The number of carbonyl (C=O) groups is 2. The number of likely N-dealkylation sites (tertiary alicyclic amines) is 1. The highest BCUT2D eigenvalue weighted by Gasteiger charge is 2.45. The van der Waals surface area contributed by atoms with Crippen LogP contribution in [0.4, 0.5) is 17.1 Å². The minimum absolute atomic E-state index is 0.0331. The lowest BCUT2D eigenvalue weighted by Gasteiger charge is -2.37. The Balaban J connectivity index is 1.49. The van der Waals surface area contributed by atoms with Crippen molar-refractivity contribution in [3.05, 3.63) is 80.7 Å². The number of nitrogens with one attached hydrogen (secondary N) is 3. The lowest BCUT2D eigenvalue weighted by Crippen LogP contribution is -2.46. The van der Waals surface area contributed by atoms with Crippen LogP contribution in [0.3, 0.4) is 0 Å². The van der Waals surface area contributed by atoms with E-state index in [0.717, 1.165) is 12.0 Å². The fraction of sp³-hybridized carbons (Fsp3) is 0.379. The van der Waals surface area contributed by atoms with Crippen molar-refractivity contribution in [3.63, 3.8) is 0 Å². The summed E-state index contributed by atoms with van der Waals surface area (Å²) < 4.78 is 0. The monoisotopic (exact) mass is 518 g/mol. The molecule has 9 heteroatoms. The van der Waals surface area contributed by atoms with Gasteiger partial charge in [0.1, 0.15) is 11.4 Å². The van der Waals surface area contributed by atoms with Crippen LogP contribution < -0.4 is 26.8 Å². The predicted molar refractivity (Wildman–Crippen MR) is 149 cm³/mol. The van der Waals surface area contributed by atoms with Crippen molar-refractivity contribution < 1.29 is 14.7 Å². The quantitative estimate of drug-likeness (QED) is 0.228. The number of phenols is 1. The van der Waals surface area contributed by atoms with Gasteiger partial charge < -0.3 is 26.0 Å². The first kappa shape index (κ1) is 26.9. The number of hydrogen-bond acceptors (Lipinski definition) is 7. The molecule has 2 fully saturated rings. The van der Waals surface area contributed by atoms with Crippen molar-refractivity contribution in [1.82, 2.24) is 10.2 Å². The van der Waals surface area contributed by atoms with Crippen molar-refractivity contribution in [1.29, 1.82) is 0 Å². The summed E-state index contributed by atoms with van der Waals surface area (Å²) in [5, 5.41) is 19.8. The largest absolute Gasteiger partial charge is 0.505 e. The Labute approximate surface area is 221 Å². The number of allylic oxidation sites excluding steroid dienone is 3. The Morgan fingerprint density at radius 3 is 2.50 bits per heavy atom. The number of benzene rings is 1. The highest BCUT2D eigenvalue weighted by Crippen LogP contribution is 2.39. The standard InChI is InChI=1S/C29H34N4O5/c1-4-6-7-9-18(3)20(5-2)31-22-23(26(36)25(22)35)32-21-11-8-10-19(24(21)34)27(37)33-16-13-29(14-17-33)12-15-30-28(29)38/h4,6-11,20,31-32,34H,3,5,12-17H2,1-2H3,(H,30,38)/b6-4-,9-7-. The lowest BCUT2D eigenvalue weighted by atomic mass is 9.77. The van der Waals surface area contributed by atoms with Gasteiger partial charge in [0.25, 0.3) is 16.8 Å². The molecule has 0 aromatic heterocycles. The van der Waals surface area contributed by atoms with Crippen molar-refractivity contribution in [2.24, 2.45) is 5.41 Å². The van der Waals surface area contributed by atoms with Crippen LogP contribution in [0.1, 0.15) is 49.9 Å². The van der Waals surface area contributed by atoms with Crippen LogP contribution in [0.5, 0.6) is 5.75 Å². The number of para-hydroxylation sites is 1. The molecular weight excluding hydrogens is 484 g/mol. The van der Waals surface area contributed by atoms with E-state index in [0.29, 0.717) is 38.9 Å². The highest BCUT2D eigenvalue weighted by atomic mass is 16.3. The third kappa shape index (κ3) is 5.01. The Morgan fingerprint density at radius 2 is 1.87 bits per heavy atom. The third-order valence-corrected chi connectivity index (χ3v) is 7.60. The van der Waals surface area contributed by atoms with Gasteiger partial charge in [-0.05, 0) is 50.3 Å². The molecule has 2 amide bonds. The van der Waals surface area contributed by atoms with Crippen LogP contribution in [0.2, 0.25) is 0 Å². The summed E-state index contributed by atoms with van der Waals surface area (Å²) >= 11 is 0. The average Bonchev–Trinajstić information content (AvgIpc) is 3.27. The van der Waals surface area contributed by atoms with E-state index in [9.17, 15) is 24.3 Å². The summed E-state index contributed by atoms with van der Waals surface area (Å²) in [5.41, 5.74) is -0.623. The maximum Gasteiger partial charge on any atom is 0.257 e. The molecule has 2 heterocycles. The van der Waals surface area contributed by atoms with Gasteiger partial charge in [-0.1, -0.05) is 43.9 Å². The molecule has 9 nitrogen and oxygen atoms in total. The second-order valence-corrected chi connectivity index (χ2v) is 9.88. The van der Waals surface area contributed by atoms with E-state index >= 15 is 0 Å². The molecule has 2 aromatic carbocycles. The van der Waals surface area contributed by atoms with Gasteiger partial charge in [-0.15, -0.1) is 0 Å². The first-order valence-corrected chi connectivity index (χ1v) is 13.0. The second-order valence-electron chi connectivity index (χ2n) is 9.88. The Bertz CT molecular complexity index is 1370. The zero-order valence-corrected chi connectivity index (χ0v) is 21.8. The number of amides is 2. The summed E-state index contributed by atoms with van der Waals surface area (Å²) in [6, 6.07) is 4.39. The first-order valence-electron chi connectivity index (χ1n) is 13.0. The van der Waals surface area contributed by atoms with Crippen molar-refractivity contribution in [2.75, 3.05) is 30.3 Å². The molecule has 0 bridgehead atoms. The fourth-order valence-corrected chi connectivity index (χ4v) is 5.14. The fourth-order valence-electron chi connectivity index (χ4n) is 5.14. The maximum atomic E-state index is 13.2. The predicted octanol–water partition coefficient (Wildman–Crippen LogP) is 3.35. The van der Waals surface area contributed by atoms with Crippen LogP contribution in [0.25, 0.3) is 0 Å². The Kier molecular flexibility index (Phi) is 7.85. The van der Waals surface area contributed by atoms with Gasteiger partial charge in [0, 0.05) is 19.6 Å². The van der Waals surface area contributed by atoms with Gasteiger partial charge in [-0.25, -0.2) is 0 Å². The molecule has 200 valence electrons. The molecular formula is C29H34N4O5. The molecule has 0 aliphatic carbocycles. The van der Waals surface area contributed by atoms with E-state index in [1.807, 2.05) is 38.2 Å². The summed E-state index contributed by atoms with van der Waals surface area (Å²) in [5.74, 6) is -0.599. The molecule has 4 N–H and O–H groups in total. The van der Waals surface area contributed by atoms with Crippen LogP contribution in [-0.4, -0.2) is 47.5 Å². The molecule has 1 atom stereocenters. The number of rotatable bonds is 9. The maximum absolute atomic E-state index is 13.2. The smallest absolute Gasteiger partial charge is 0.257 e. The van der Waals surface area contributed by atoms with Gasteiger partial charge >= 0.3 is 0 Å². The van der Waals surface area contributed by atoms with Crippen molar-refractivity contribution in [2.45, 2.75) is 45.6 Å². The number of hydrogen-bond donors (Lipinski definition) is 4. The zero-order chi connectivity index (χ0) is 27.4. The summed E-state index contributed by atoms with van der Waals surface area (Å²) in [7, 11) is 0. The molecule has 1 unspecified atom stereocenters. The van der Waals surface area contributed by atoms with E-state index in [4.69, 9.17) is 0 Å². The van der Waals surface area contributed by atoms with Gasteiger partial charge in [-0.2, -0.15) is 0 Å². The molecule has 0 saturated carbocycles. The van der Waals surface area contributed by atoms with E-state index in [-0.39, 0.29) is 46.2 Å². The minimum atomic E-state index is -0.704. The van der Waals surface area contributed by atoms with Crippen molar-refractivity contribution in [3.8, 4) is 5.75 Å². The Hall–Kier alpha value is -4.14. The highest BCUT2D eigenvalue weighted by molar-refractivity contribution is 5.99. The molecule has 2 aromatic rings. The third-order valence-electron chi connectivity index (χ3n) is 7.60. The number of anilines is 3. The van der Waals surface area contributed by atoms with Gasteiger partial charge in [0.2, 0.25) is 5.91 Å². The van der Waals surface area contributed by atoms with E-state index in [1.54, 1.807) is 11.0 Å². The number of aromatic hydroxyl groups is 1. The van der Waals surface area contributed by atoms with Gasteiger partial charge in [0.15, 0.2) is 5.75 Å². The van der Waals surface area contributed by atoms with Crippen LogP contribution >= 0.6 is 0 Å². The minimum Gasteiger partial charge on any atom is -0.505 e. The second kappa shape index (κ2) is 11.1. The van der Waals surface area contributed by atoms with Gasteiger partial charge in [0.05, 0.1) is 22.7 Å². The zero-order valence-electron chi connectivity index (χ0n) is 21.8. The van der Waals surface area contributed by atoms with E-state index < -0.39 is 16.3 Å². The number of piperidine rings is 1. The summed E-state index contributed by atoms with van der Waals surface area (Å²) in [4.78, 5) is 51.9. The number of nitrogens with zero attached hydrogens (tertiary/aromatic N) is 1. The van der Waals surface area contributed by atoms with Crippen LogP contribution in [0.15, 0.2) is 64.2 Å². The average molecular weight is 519 g/mol. The van der Waals surface area contributed by atoms with Gasteiger partial charge in [-0.3, -0.25) is 19.2 Å². The van der Waals surface area contributed by atoms with E-state index in [1.165, 1.54) is 12.1 Å². The molecule has 2 aliphatic heterocycles. The lowest BCUT2D eigenvalue weighted by molar-refractivity contribution is -0.129. The molecule has 4 rings (SSSR count). The molecule has 38 heavy (non-hydrogen) atoms. The molecule has 0 radical (unpaired) electrons. The van der Waals surface area contributed by atoms with Crippen LogP contribution in [0, 0.1) is 5.41 Å². The molecule has 2 aliphatic rings. The van der Waals surface area contributed by atoms with Crippen molar-refractivity contribution >= 4 is 28.9 Å².